The molecule has 1 rings (SSSR count). The van der Waals surface area contributed by atoms with Gasteiger partial charge in [-0.1, -0.05) is 6.07 Å². The van der Waals surface area contributed by atoms with Crippen molar-refractivity contribution in [3.05, 3.63) is 39.4 Å². The van der Waals surface area contributed by atoms with Gasteiger partial charge in [0.1, 0.15) is 0 Å². The van der Waals surface area contributed by atoms with Crippen LogP contribution in [0.1, 0.15) is 29.3 Å². The Morgan fingerprint density at radius 2 is 2.05 bits per heavy atom. The Morgan fingerprint density at radius 3 is 2.57 bits per heavy atom. The van der Waals surface area contributed by atoms with E-state index in [0.29, 0.717) is 12.1 Å². The molecule has 0 heterocycles. The molecule has 0 aliphatic carbocycles. The van der Waals surface area contributed by atoms with Crippen LogP contribution in [0.4, 0.5) is 5.69 Å². The van der Waals surface area contributed by atoms with Crippen molar-refractivity contribution in [2.75, 3.05) is 20.2 Å². The number of hydrogen-bond acceptors (Lipinski definition) is 5. The lowest BCUT2D eigenvalue weighted by molar-refractivity contribution is -0.384. The topological polar surface area (TPSA) is 89.8 Å². The number of nitro groups is 1. The number of nitro benzene ring substituents is 1. The molecule has 0 bridgehead atoms. The molecule has 0 spiro atoms. The second-order valence-corrected chi connectivity index (χ2v) is 4.47. The van der Waals surface area contributed by atoms with Crippen LogP contribution < -0.4 is 0 Å². The van der Waals surface area contributed by atoms with E-state index < -0.39 is 10.9 Å². The number of carbonyl (C=O) groups excluding carboxylic acids is 2. The van der Waals surface area contributed by atoms with Crippen LogP contribution in [0.15, 0.2) is 18.2 Å². The molecule has 1 amide bonds. The summed E-state index contributed by atoms with van der Waals surface area (Å²) in [4.78, 5) is 35.3. The van der Waals surface area contributed by atoms with Gasteiger partial charge in [0.25, 0.3) is 11.6 Å². The van der Waals surface area contributed by atoms with Gasteiger partial charge in [0.05, 0.1) is 18.5 Å². The molecule has 7 heteroatoms. The first-order valence-electron chi connectivity index (χ1n) is 6.51. The lowest BCUT2D eigenvalue weighted by Gasteiger charge is -2.21. The summed E-state index contributed by atoms with van der Waals surface area (Å²) in [5.41, 5.74) is 0.797. The van der Waals surface area contributed by atoms with E-state index in [1.165, 1.54) is 24.1 Å². The third kappa shape index (κ3) is 4.27. The molecule has 21 heavy (non-hydrogen) atoms. The number of amides is 1. The molecular formula is C14H18N2O5. The van der Waals surface area contributed by atoms with E-state index in [1.54, 1.807) is 19.9 Å². The zero-order chi connectivity index (χ0) is 16.0. The molecule has 0 aromatic heterocycles. The van der Waals surface area contributed by atoms with E-state index >= 15 is 0 Å². The summed E-state index contributed by atoms with van der Waals surface area (Å²) in [5.74, 6) is -0.736. The largest absolute Gasteiger partial charge is 0.469 e. The van der Waals surface area contributed by atoms with E-state index in [4.69, 9.17) is 0 Å². The average molecular weight is 294 g/mol. The minimum atomic E-state index is -0.541. The molecule has 1 aromatic carbocycles. The van der Waals surface area contributed by atoms with Crippen LogP contribution in [0.3, 0.4) is 0 Å². The first kappa shape index (κ1) is 16.6. The summed E-state index contributed by atoms with van der Waals surface area (Å²) in [6.07, 6.45) is 0.0874. The normalized spacial score (nSPS) is 10.0. The van der Waals surface area contributed by atoms with Crippen LogP contribution in [0.5, 0.6) is 0 Å². The maximum Gasteiger partial charge on any atom is 0.307 e. The SMILES string of the molecule is CCN(CCC(=O)OC)C(=O)c1cc([N+](=O)[O-])ccc1C. The van der Waals surface area contributed by atoms with Crippen molar-refractivity contribution < 1.29 is 19.2 Å². The van der Waals surface area contributed by atoms with Gasteiger partial charge in [0.15, 0.2) is 0 Å². The second-order valence-electron chi connectivity index (χ2n) is 4.47. The fourth-order valence-corrected chi connectivity index (χ4v) is 1.86. The molecule has 0 unspecified atom stereocenters. The van der Waals surface area contributed by atoms with Gasteiger partial charge < -0.3 is 9.64 Å². The number of aryl methyl sites for hydroxylation is 1. The first-order valence-corrected chi connectivity index (χ1v) is 6.51. The standard InChI is InChI=1S/C14H18N2O5/c1-4-15(8-7-13(17)21-3)14(18)12-9-11(16(19)20)6-5-10(12)2/h5-6,9H,4,7-8H2,1-3H3. The number of ether oxygens (including phenoxy) is 1. The number of hydrogen-bond donors (Lipinski definition) is 0. The van der Waals surface area contributed by atoms with Crippen molar-refractivity contribution in [3.8, 4) is 0 Å². The highest BCUT2D eigenvalue weighted by atomic mass is 16.6. The highest BCUT2D eigenvalue weighted by molar-refractivity contribution is 5.96. The number of rotatable bonds is 6. The lowest BCUT2D eigenvalue weighted by Crippen LogP contribution is -2.33. The molecule has 0 fully saturated rings. The van der Waals surface area contributed by atoms with Gasteiger partial charge in [-0.05, 0) is 19.4 Å². The van der Waals surface area contributed by atoms with Crippen LogP contribution in [0.2, 0.25) is 0 Å². The van der Waals surface area contributed by atoms with E-state index in [1.807, 2.05) is 0 Å². The molecule has 0 saturated carbocycles. The fraction of sp³-hybridized carbons (Fsp3) is 0.429. The van der Waals surface area contributed by atoms with Crippen LogP contribution >= 0.6 is 0 Å². The molecule has 0 saturated heterocycles. The summed E-state index contributed by atoms with van der Waals surface area (Å²) < 4.78 is 4.54. The number of methoxy groups -OCH3 is 1. The summed E-state index contributed by atoms with van der Waals surface area (Å²) in [6, 6.07) is 4.16. The average Bonchev–Trinajstić information content (AvgIpc) is 2.47. The number of non-ortho nitro benzene ring substituents is 1. The molecule has 0 aliphatic heterocycles. The Kier molecular flexibility index (Phi) is 5.83. The Balaban J connectivity index is 2.96. The van der Waals surface area contributed by atoms with E-state index in [-0.39, 0.29) is 30.1 Å². The van der Waals surface area contributed by atoms with Crippen LogP contribution in [-0.2, 0) is 9.53 Å². The van der Waals surface area contributed by atoms with Gasteiger partial charge >= 0.3 is 5.97 Å². The summed E-state index contributed by atoms with van der Waals surface area (Å²) in [7, 11) is 1.28. The van der Waals surface area contributed by atoms with Crippen LogP contribution in [0, 0.1) is 17.0 Å². The van der Waals surface area contributed by atoms with Gasteiger partial charge in [-0.25, -0.2) is 0 Å². The van der Waals surface area contributed by atoms with Crippen molar-refractivity contribution in [2.45, 2.75) is 20.3 Å². The van der Waals surface area contributed by atoms with Gasteiger partial charge in [0, 0.05) is 30.8 Å². The van der Waals surface area contributed by atoms with Crippen molar-refractivity contribution in [3.63, 3.8) is 0 Å². The molecule has 0 aliphatic rings. The monoisotopic (exact) mass is 294 g/mol. The minimum absolute atomic E-state index is 0.0874. The van der Waals surface area contributed by atoms with Crippen molar-refractivity contribution in [1.29, 1.82) is 0 Å². The zero-order valence-electron chi connectivity index (χ0n) is 12.3. The number of benzene rings is 1. The Morgan fingerprint density at radius 1 is 1.38 bits per heavy atom. The molecule has 0 atom stereocenters. The van der Waals surface area contributed by atoms with Crippen LogP contribution in [-0.4, -0.2) is 41.9 Å². The quantitative estimate of drug-likeness (QED) is 0.454. The molecule has 114 valence electrons. The van der Waals surface area contributed by atoms with Gasteiger partial charge in [-0.15, -0.1) is 0 Å². The van der Waals surface area contributed by atoms with E-state index in [2.05, 4.69) is 4.74 Å². The summed E-state index contributed by atoms with van der Waals surface area (Å²) in [6.45, 7) is 4.11. The highest BCUT2D eigenvalue weighted by Gasteiger charge is 2.20. The summed E-state index contributed by atoms with van der Waals surface area (Å²) >= 11 is 0. The molecule has 1 aromatic rings. The number of carbonyl (C=O) groups is 2. The highest BCUT2D eigenvalue weighted by Crippen LogP contribution is 2.19. The lowest BCUT2D eigenvalue weighted by atomic mass is 10.1. The van der Waals surface area contributed by atoms with Crippen LogP contribution in [0.25, 0.3) is 0 Å². The van der Waals surface area contributed by atoms with E-state index in [0.717, 1.165) is 0 Å². The van der Waals surface area contributed by atoms with Crippen molar-refractivity contribution in [2.24, 2.45) is 0 Å². The van der Waals surface area contributed by atoms with Crippen molar-refractivity contribution >= 4 is 17.6 Å². The predicted molar refractivity (Wildman–Crippen MR) is 76.0 cm³/mol. The number of nitrogens with zero attached hydrogens (tertiary/aromatic N) is 2. The maximum absolute atomic E-state index is 12.4. The summed E-state index contributed by atoms with van der Waals surface area (Å²) in [5, 5.41) is 10.8. The number of esters is 1. The Labute approximate surface area is 122 Å². The Bertz CT molecular complexity index is 556. The minimum Gasteiger partial charge on any atom is -0.469 e. The first-order chi connectivity index (χ1) is 9.90. The third-order valence-corrected chi connectivity index (χ3v) is 3.14. The van der Waals surface area contributed by atoms with Crippen molar-refractivity contribution in [1.82, 2.24) is 4.90 Å². The molecule has 0 radical (unpaired) electrons. The molecule has 0 N–H and O–H groups in total. The van der Waals surface area contributed by atoms with E-state index in [9.17, 15) is 19.7 Å². The van der Waals surface area contributed by atoms with Gasteiger partial charge in [-0.3, -0.25) is 19.7 Å². The predicted octanol–water partition coefficient (Wildman–Crippen LogP) is 1.93. The third-order valence-electron chi connectivity index (χ3n) is 3.14. The maximum atomic E-state index is 12.4. The Hall–Kier alpha value is -2.44. The molecule has 7 nitrogen and oxygen atoms in total. The molecular weight excluding hydrogens is 276 g/mol. The fourth-order valence-electron chi connectivity index (χ4n) is 1.86. The smallest absolute Gasteiger partial charge is 0.307 e. The zero-order valence-corrected chi connectivity index (χ0v) is 12.3. The van der Waals surface area contributed by atoms with Gasteiger partial charge in [-0.2, -0.15) is 0 Å². The second kappa shape index (κ2) is 7.37. The van der Waals surface area contributed by atoms with Gasteiger partial charge in [0.2, 0.25) is 0 Å².